The van der Waals surface area contributed by atoms with Crippen molar-refractivity contribution in [1.29, 1.82) is 0 Å². The van der Waals surface area contributed by atoms with Crippen LogP contribution < -0.4 is 5.32 Å². The van der Waals surface area contributed by atoms with Crippen molar-refractivity contribution in [1.82, 2.24) is 10.2 Å². The molecule has 2 aliphatic rings. The zero-order valence-electron chi connectivity index (χ0n) is 12.0. The second kappa shape index (κ2) is 6.06. The van der Waals surface area contributed by atoms with Gasteiger partial charge in [0.25, 0.3) is 0 Å². The average molecular weight is 258 g/mol. The summed E-state index contributed by atoms with van der Waals surface area (Å²) < 4.78 is 0. The summed E-state index contributed by atoms with van der Waals surface area (Å²) >= 11 is 0. The van der Waals surface area contributed by atoms with E-state index in [1.807, 2.05) is 0 Å². The number of hydrogen-bond acceptors (Lipinski definition) is 2. The first-order valence-corrected chi connectivity index (χ1v) is 7.86. The average Bonchev–Trinajstić information content (AvgIpc) is 3.04. The van der Waals surface area contributed by atoms with Crippen molar-refractivity contribution >= 4 is 0 Å². The van der Waals surface area contributed by atoms with Crippen LogP contribution in [0.3, 0.4) is 0 Å². The molecule has 3 unspecified atom stereocenters. The fraction of sp³-hybridized carbons (Fsp3) is 0.647. The molecule has 104 valence electrons. The van der Waals surface area contributed by atoms with Gasteiger partial charge in [-0.3, -0.25) is 4.90 Å². The highest BCUT2D eigenvalue weighted by Gasteiger charge is 2.39. The van der Waals surface area contributed by atoms with Crippen LogP contribution in [0.5, 0.6) is 0 Å². The molecule has 1 saturated carbocycles. The molecule has 2 fully saturated rings. The summed E-state index contributed by atoms with van der Waals surface area (Å²) in [6.07, 6.45) is 4.36. The highest BCUT2D eigenvalue weighted by Crippen LogP contribution is 2.37. The Bertz CT molecular complexity index is 390. The van der Waals surface area contributed by atoms with Gasteiger partial charge in [0.1, 0.15) is 0 Å². The van der Waals surface area contributed by atoms with Crippen LogP contribution >= 0.6 is 0 Å². The summed E-state index contributed by atoms with van der Waals surface area (Å²) in [5, 5.41) is 3.77. The van der Waals surface area contributed by atoms with Gasteiger partial charge in [-0.1, -0.05) is 43.7 Å². The smallest absolute Gasteiger partial charge is 0.0234 e. The second-order valence-electron chi connectivity index (χ2n) is 6.18. The van der Waals surface area contributed by atoms with E-state index in [1.54, 1.807) is 0 Å². The molecule has 0 radical (unpaired) electrons. The van der Waals surface area contributed by atoms with Gasteiger partial charge in [-0.05, 0) is 43.3 Å². The lowest BCUT2D eigenvalue weighted by molar-refractivity contribution is 0.228. The van der Waals surface area contributed by atoms with Crippen LogP contribution in [0.1, 0.15) is 31.7 Å². The van der Waals surface area contributed by atoms with Crippen molar-refractivity contribution in [2.75, 3.05) is 19.6 Å². The van der Waals surface area contributed by atoms with Gasteiger partial charge in [-0.25, -0.2) is 0 Å². The maximum atomic E-state index is 3.77. The van der Waals surface area contributed by atoms with E-state index in [2.05, 4.69) is 47.5 Å². The Labute approximate surface area is 117 Å². The van der Waals surface area contributed by atoms with Crippen molar-refractivity contribution in [2.24, 2.45) is 11.8 Å². The number of nitrogens with one attached hydrogen (secondary N) is 1. The summed E-state index contributed by atoms with van der Waals surface area (Å²) in [6.45, 7) is 6.99. The topological polar surface area (TPSA) is 15.3 Å². The molecule has 0 aromatic heterocycles. The van der Waals surface area contributed by atoms with E-state index in [1.165, 1.54) is 37.9 Å². The fourth-order valence-electron chi connectivity index (χ4n) is 3.93. The third kappa shape index (κ3) is 3.01. The van der Waals surface area contributed by atoms with Gasteiger partial charge < -0.3 is 5.32 Å². The van der Waals surface area contributed by atoms with Crippen LogP contribution in [-0.4, -0.2) is 30.6 Å². The van der Waals surface area contributed by atoms with Crippen LogP contribution in [0, 0.1) is 11.8 Å². The predicted octanol–water partition coefficient (Wildman–Crippen LogP) is 2.90. The molecule has 1 saturated heterocycles. The zero-order chi connectivity index (χ0) is 13.1. The minimum absolute atomic E-state index is 0.733. The predicted molar refractivity (Wildman–Crippen MR) is 80.0 cm³/mol. The van der Waals surface area contributed by atoms with Gasteiger partial charge in [-0.15, -0.1) is 0 Å². The minimum atomic E-state index is 0.733. The Morgan fingerprint density at radius 2 is 2.05 bits per heavy atom. The Kier molecular flexibility index (Phi) is 4.19. The normalized spacial score (nSPS) is 29.9. The lowest BCUT2D eigenvalue weighted by atomic mass is 9.94. The van der Waals surface area contributed by atoms with E-state index in [0.29, 0.717) is 0 Å². The summed E-state index contributed by atoms with van der Waals surface area (Å²) in [6, 6.07) is 11.6. The number of likely N-dealkylation sites (N-methyl/N-ethyl adjacent to an activating group) is 1. The maximum absolute atomic E-state index is 3.77. The van der Waals surface area contributed by atoms with Gasteiger partial charge in [0.2, 0.25) is 0 Å². The molecule has 1 aromatic rings. The van der Waals surface area contributed by atoms with Crippen molar-refractivity contribution in [2.45, 2.75) is 38.8 Å². The summed E-state index contributed by atoms with van der Waals surface area (Å²) in [4.78, 5) is 2.59. The van der Waals surface area contributed by atoms with E-state index in [-0.39, 0.29) is 0 Å². The molecule has 3 rings (SSSR count). The first-order valence-electron chi connectivity index (χ1n) is 7.86. The third-order valence-electron chi connectivity index (χ3n) is 5.03. The number of fused-ring (bicyclic) bond motifs is 1. The molecule has 1 heterocycles. The molecule has 3 atom stereocenters. The highest BCUT2D eigenvalue weighted by atomic mass is 15.2. The first-order chi connectivity index (χ1) is 9.36. The molecular weight excluding hydrogens is 232 g/mol. The lowest BCUT2D eigenvalue weighted by Crippen LogP contribution is -2.40. The first kappa shape index (κ1) is 13.1. The van der Waals surface area contributed by atoms with Gasteiger partial charge >= 0.3 is 0 Å². The Morgan fingerprint density at radius 1 is 1.21 bits per heavy atom. The lowest BCUT2D eigenvalue weighted by Gasteiger charge is -2.27. The largest absolute Gasteiger partial charge is 0.312 e. The fourth-order valence-corrected chi connectivity index (χ4v) is 3.93. The standard InChI is InChI=1S/C17H26N2/c1-2-19(12-14-7-4-3-5-8-14)13-17-16-10-6-9-15(16)11-18-17/h3-5,7-8,15-18H,2,6,9-13H2,1H3. The highest BCUT2D eigenvalue weighted by molar-refractivity contribution is 5.14. The molecule has 0 spiro atoms. The van der Waals surface area contributed by atoms with Crippen molar-refractivity contribution < 1.29 is 0 Å². The van der Waals surface area contributed by atoms with Crippen LogP contribution in [-0.2, 0) is 6.54 Å². The summed E-state index contributed by atoms with van der Waals surface area (Å²) in [5.41, 5.74) is 1.44. The quantitative estimate of drug-likeness (QED) is 0.873. The monoisotopic (exact) mass is 258 g/mol. The van der Waals surface area contributed by atoms with Gasteiger partial charge in [-0.2, -0.15) is 0 Å². The Hall–Kier alpha value is -0.860. The molecule has 19 heavy (non-hydrogen) atoms. The number of hydrogen-bond donors (Lipinski definition) is 1. The van der Waals surface area contributed by atoms with E-state index in [4.69, 9.17) is 0 Å². The summed E-state index contributed by atoms with van der Waals surface area (Å²) in [7, 11) is 0. The van der Waals surface area contributed by atoms with E-state index >= 15 is 0 Å². The van der Waals surface area contributed by atoms with Crippen molar-refractivity contribution in [3.63, 3.8) is 0 Å². The number of rotatable bonds is 5. The molecule has 1 aliphatic heterocycles. The molecule has 1 aromatic carbocycles. The maximum Gasteiger partial charge on any atom is 0.0234 e. The third-order valence-corrected chi connectivity index (χ3v) is 5.03. The SMILES string of the molecule is CCN(Cc1ccccc1)CC1NCC2CCCC21. The Balaban J connectivity index is 1.58. The number of benzene rings is 1. The minimum Gasteiger partial charge on any atom is -0.312 e. The zero-order valence-corrected chi connectivity index (χ0v) is 12.0. The molecule has 1 aliphatic carbocycles. The van der Waals surface area contributed by atoms with E-state index in [9.17, 15) is 0 Å². The van der Waals surface area contributed by atoms with Crippen LogP contribution in [0.4, 0.5) is 0 Å². The number of nitrogens with zero attached hydrogens (tertiary/aromatic N) is 1. The van der Waals surface area contributed by atoms with Gasteiger partial charge in [0.15, 0.2) is 0 Å². The molecule has 2 heteroatoms. The molecule has 2 nitrogen and oxygen atoms in total. The van der Waals surface area contributed by atoms with Crippen LogP contribution in [0.25, 0.3) is 0 Å². The van der Waals surface area contributed by atoms with Crippen LogP contribution in [0.2, 0.25) is 0 Å². The van der Waals surface area contributed by atoms with Gasteiger partial charge in [0.05, 0.1) is 0 Å². The molecular formula is C17H26N2. The van der Waals surface area contributed by atoms with Crippen molar-refractivity contribution in [3.8, 4) is 0 Å². The molecule has 0 amide bonds. The van der Waals surface area contributed by atoms with E-state index in [0.717, 1.165) is 31.0 Å². The van der Waals surface area contributed by atoms with Crippen LogP contribution in [0.15, 0.2) is 30.3 Å². The summed E-state index contributed by atoms with van der Waals surface area (Å²) in [5.74, 6) is 1.92. The van der Waals surface area contributed by atoms with Gasteiger partial charge in [0, 0.05) is 19.1 Å². The van der Waals surface area contributed by atoms with E-state index < -0.39 is 0 Å². The Morgan fingerprint density at radius 3 is 2.84 bits per heavy atom. The molecule has 1 N–H and O–H groups in total. The molecule has 0 bridgehead atoms. The van der Waals surface area contributed by atoms with Crippen molar-refractivity contribution in [3.05, 3.63) is 35.9 Å². The second-order valence-corrected chi connectivity index (χ2v) is 6.18.